The van der Waals surface area contributed by atoms with Gasteiger partial charge in [0.05, 0.1) is 19.3 Å². The van der Waals surface area contributed by atoms with E-state index in [9.17, 15) is 5.11 Å². The summed E-state index contributed by atoms with van der Waals surface area (Å²) in [4.78, 5) is 0. The number of para-hydroxylation sites is 2. The van der Waals surface area contributed by atoms with Crippen LogP contribution in [0.15, 0.2) is 36.4 Å². The molecule has 2 heterocycles. The van der Waals surface area contributed by atoms with Gasteiger partial charge in [-0.15, -0.1) is 0 Å². The van der Waals surface area contributed by atoms with Crippen molar-refractivity contribution in [1.29, 1.82) is 0 Å². The lowest BCUT2D eigenvalue weighted by atomic mass is 9.85. The van der Waals surface area contributed by atoms with Crippen LogP contribution in [0.4, 0.5) is 0 Å². The summed E-state index contributed by atoms with van der Waals surface area (Å²) in [5.41, 5.74) is 1.88. The molecule has 5 heteroatoms. The molecule has 1 N–H and O–H groups in total. The van der Waals surface area contributed by atoms with Gasteiger partial charge >= 0.3 is 0 Å². The van der Waals surface area contributed by atoms with E-state index in [1.54, 1.807) is 13.2 Å². The first kappa shape index (κ1) is 16.1. The van der Waals surface area contributed by atoms with Gasteiger partial charge in [-0.25, -0.2) is 0 Å². The summed E-state index contributed by atoms with van der Waals surface area (Å²) in [5.74, 6) is 2.66. The maximum atomic E-state index is 10.1. The van der Waals surface area contributed by atoms with Gasteiger partial charge in [0.2, 0.25) is 6.79 Å². The van der Waals surface area contributed by atoms with Crippen molar-refractivity contribution in [1.82, 2.24) is 0 Å². The van der Waals surface area contributed by atoms with Crippen LogP contribution in [0.25, 0.3) is 0 Å². The molecule has 2 aromatic carbocycles. The Kier molecular flexibility index (Phi) is 3.96. The van der Waals surface area contributed by atoms with Gasteiger partial charge < -0.3 is 24.1 Å². The van der Waals surface area contributed by atoms with Crippen LogP contribution in [0.1, 0.15) is 37.2 Å². The van der Waals surface area contributed by atoms with Crippen molar-refractivity contribution >= 4 is 0 Å². The molecule has 4 rings (SSSR count). The van der Waals surface area contributed by atoms with E-state index in [0.717, 1.165) is 22.6 Å². The van der Waals surface area contributed by atoms with Gasteiger partial charge in [0.25, 0.3) is 0 Å². The molecule has 0 amide bonds. The largest absolute Gasteiger partial charge is 0.504 e. The Balaban J connectivity index is 1.71. The maximum Gasteiger partial charge on any atom is 0.231 e. The van der Waals surface area contributed by atoms with Gasteiger partial charge in [-0.3, -0.25) is 0 Å². The Morgan fingerprint density at radius 2 is 1.64 bits per heavy atom. The molecule has 2 aliphatic rings. The van der Waals surface area contributed by atoms with Crippen LogP contribution in [-0.2, 0) is 4.74 Å². The van der Waals surface area contributed by atoms with Gasteiger partial charge in [0, 0.05) is 11.1 Å². The molecule has 4 atom stereocenters. The molecule has 0 aromatic heterocycles. The minimum absolute atomic E-state index is 0.108. The van der Waals surface area contributed by atoms with Gasteiger partial charge in [0.15, 0.2) is 23.0 Å². The zero-order chi connectivity index (χ0) is 17.6. The smallest absolute Gasteiger partial charge is 0.231 e. The number of fused-ring (bicyclic) bond motifs is 1. The summed E-state index contributed by atoms with van der Waals surface area (Å²) in [6, 6.07) is 11.3. The van der Waals surface area contributed by atoms with E-state index < -0.39 is 0 Å². The first-order valence-corrected chi connectivity index (χ1v) is 8.51. The monoisotopic (exact) mass is 342 g/mol. The van der Waals surface area contributed by atoms with E-state index in [1.807, 2.05) is 30.3 Å². The van der Waals surface area contributed by atoms with Crippen LogP contribution in [0, 0.1) is 11.8 Å². The van der Waals surface area contributed by atoms with E-state index in [4.69, 9.17) is 18.9 Å². The third-order valence-corrected chi connectivity index (χ3v) is 5.35. The second kappa shape index (κ2) is 6.15. The average Bonchev–Trinajstić information content (AvgIpc) is 3.20. The fraction of sp³-hybridized carbons (Fsp3) is 0.400. The molecule has 0 aliphatic carbocycles. The highest BCUT2D eigenvalue weighted by atomic mass is 16.7. The molecular weight excluding hydrogens is 320 g/mol. The van der Waals surface area contributed by atoms with E-state index in [1.165, 1.54) is 0 Å². The highest BCUT2D eigenvalue weighted by Crippen LogP contribution is 2.54. The third-order valence-electron chi connectivity index (χ3n) is 5.35. The number of methoxy groups -OCH3 is 1. The summed E-state index contributed by atoms with van der Waals surface area (Å²) in [6.45, 7) is 4.59. The summed E-state index contributed by atoms with van der Waals surface area (Å²) in [7, 11) is 1.56. The van der Waals surface area contributed by atoms with E-state index in [-0.39, 0.29) is 36.6 Å². The lowest BCUT2D eigenvalue weighted by molar-refractivity contribution is 0.0261. The predicted octanol–water partition coefficient (Wildman–Crippen LogP) is 4.21. The van der Waals surface area contributed by atoms with Gasteiger partial charge in [-0.2, -0.15) is 0 Å². The fourth-order valence-electron chi connectivity index (χ4n) is 3.84. The number of hydrogen-bond acceptors (Lipinski definition) is 5. The quantitative estimate of drug-likeness (QED) is 0.905. The molecule has 132 valence electrons. The first-order chi connectivity index (χ1) is 12.1. The van der Waals surface area contributed by atoms with E-state index >= 15 is 0 Å². The molecule has 4 unspecified atom stereocenters. The number of benzene rings is 2. The zero-order valence-electron chi connectivity index (χ0n) is 14.6. The van der Waals surface area contributed by atoms with Gasteiger partial charge in [-0.05, 0) is 24.0 Å². The lowest BCUT2D eigenvalue weighted by Crippen LogP contribution is -2.10. The average molecular weight is 342 g/mol. The molecule has 0 radical (unpaired) electrons. The maximum absolute atomic E-state index is 10.1. The Labute approximate surface area is 147 Å². The van der Waals surface area contributed by atoms with Crippen LogP contribution in [0.3, 0.4) is 0 Å². The number of hydrogen-bond donors (Lipinski definition) is 1. The minimum atomic E-state index is -0.166. The fourth-order valence-corrected chi connectivity index (χ4v) is 3.84. The summed E-state index contributed by atoms with van der Waals surface area (Å²) < 4.78 is 23.0. The normalized spacial score (nSPS) is 27.5. The minimum Gasteiger partial charge on any atom is -0.504 e. The Morgan fingerprint density at radius 1 is 0.960 bits per heavy atom. The molecule has 5 nitrogen and oxygen atoms in total. The number of phenols is 1. The van der Waals surface area contributed by atoms with Crippen LogP contribution in [0.5, 0.6) is 23.0 Å². The van der Waals surface area contributed by atoms with Crippen molar-refractivity contribution in [3.05, 3.63) is 47.5 Å². The number of phenolic OH excluding ortho intramolecular Hbond substituents is 1. The molecular formula is C20H22O5. The first-order valence-electron chi connectivity index (χ1n) is 8.51. The Morgan fingerprint density at radius 3 is 2.40 bits per heavy atom. The van der Waals surface area contributed by atoms with Crippen molar-refractivity contribution in [2.24, 2.45) is 11.8 Å². The van der Waals surface area contributed by atoms with Crippen molar-refractivity contribution in [2.75, 3.05) is 13.9 Å². The Bertz CT molecular complexity index is 764. The topological polar surface area (TPSA) is 57.2 Å². The van der Waals surface area contributed by atoms with Crippen molar-refractivity contribution < 1.29 is 24.1 Å². The molecule has 25 heavy (non-hydrogen) atoms. The standard InChI is InChI=1S/C20H22O5/c1-11-12(2)18(14-7-5-9-16-20(14)24-10-23-16)25-17(11)13-6-4-8-15(21)19(13)22-3/h4-9,11-12,17-18,21H,10H2,1-3H3. The molecule has 1 saturated heterocycles. The van der Waals surface area contributed by atoms with Gasteiger partial charge in [-0.1, -0.05) is 38.1 Å². The van der Waals surface area contributed by atoms with Crippen LogP contribution in [-0.4, -0.2) is 19.0 Å². The van der Waals surface area contributed by atoms with E-state index in [2.05, 4.69) is 13.8 Å². The lowest BCUT2D eigenvalue weighted by Gasteiger charge is -2.20. The summed E-state index contributed by atoms with van der Waals surface area (Å²) >= 11 is 0. The highest BCUT2D eigenvalue weighted by Gasteiger charge is 2.43. The highest BCUT2D eigenvalue weighted by molar-refractivity contribution is 5.50. The second-order valence-corrected chi connectivity index (χ2v) is 6.68. The zero-order valence-corrected chi connectivity index (χ0v) is 14.6. The molecule has 0 bridgehead atoms. The molecule has 2 aliphatic heterocycles. The van der Waals surface area contributed by atoms with E-state index in [0.29, 0.717) is 5.75 Å². The van der Waals surface area contributed by atoms with Crippen molar-refractivity contribution in [3.63, 3.8) is 0 Å². The third kappa shape index (κ3) is 2.50. The predicted molar refractivity (Wildman–Crippen MR) is 92.1 cm³/mol. The number of aromatic hydroxyl groups is 1. The van der Waals surface area contributed by atoms with Crippen molar-refractivity contribution in [3.8, 4) is 23.0 Å². The molecule has 2 aromatic rings. The van der Waals surface area contributed by atoms with Crippen LogP contribution >= 0.6 is 0 Å². The van der Waals surface area contributed by atoms with Gasteiger partial charge in [0.1, 0.15) is 0 Å². The summed E-state index contributed by atoms with van der Waals surface area (Å²) in [6.07, 6.45) is -0.274. The van der Waals surface area contributed by atoms with Crippen LogP contribution < -0.4 is 14.2 Å². The van der Waals surface area contributed by atoms with Crippen LogP contribution in [0.2, 0.25) is 0 Å². The molecule has 1 fully saturated rings. The number of rotatable bonds is 3. The molecule has 0 saturated carbocycles. The van der Waals surface area contributed by atoms with Crippen molar-refractivity contribution in [2.45, 2.75) is 26.1 Å². The Hall–Kier alpha value is -2.40. The SMILES string of the molecule is COc1c(O)cccc1C1OC(c2cccc3c2OCO3)C(C)C1C. The summed E-state index contributed by atoms with van der Waals surface area (Å²) in [5, 5.41) is 10.1. The second-order valence-electron chi connectivity index (χ2n) is 6.68. The molecule has 0 spiro atoms. The number of ether oxygens (including phenoxy) is 4.